The van der Waals surface area contributed by atoms with Gasteiger partial charge in [0.25, 0.3) is 0 Å². The molecule has 1 fully saturated rings. The normalized spacial score (nSPS) is 16.9. The summed E-state index contributed by atoms with van der Waals surface area (Å²) in [5.74, 6) is 8.20. The number of aromatic nitrogens is 4. The third-order valence-electron chi connectivity index (χ3n) is 4.19. The highest BCUT2D eigenvalue weighted by Gasteiger charge is 2.25. The second-order valence-electron chi connectivity index (χ2n) is 6.12. The van der Waals surface area contributed by atoms with Crippen LogP contribution >= 0.6 is 11.8 Å². The molecule has 1 amide bonds. The molecule has 8 nitrogen and oxygen atoms in total. The van der Waals surface area contributed by atoms with Crippen molar-refractivity contribution in [2.24, 2.45) is 0 Å². The Morgan fingerprint density at radius 1 is 1.42 bits per heavy atom. The van der Waals surface area contributed by atoms with E-state index in [1.165, 1.54) is 35.7 Å². The third kappa shape index (κ3) is 3.72. The number of aryl methyl sites for hydroxylation is 1. The topological polar surface area (TPSA) is 112 Å². The van der Waals surface area contributed by atoms with Gasteiger partial charge >= 0.3 is 0 Å². The van der Waals surface area contributed by atoms with Gasteiger partial charge in [-0.15, -0.1) is 10.2 Å². The first-order valence-electron chi connectivity index (χ1n) is 8.16. The Bertz CT molecular complexity index is 707. The van der Waals surface area contributed by atoms with Crippen LogP contribution in [0, 0.1) is 6.92 Å². The number of hydrogen-bond acceptors (Lipinski definition) is 7. The van der Waals surface area contributed by atoms with Gasteiger partial charge in [-0.25, -0.2) is 4.68 Å². The Balaban J connectivity index is 1.62. The summed E-state index contributed by atoms with van der Waals surface area (Å²) in [4.78, 5) is 12.2. The molecule has 0 aromatic carbocycles. The van der Waals surface area contributed by atoms with E-state index in [1.54, 1.807) is 19.9 Å². The molecule has 0 spiro atoms. The van der Waals surface area contributed by atoms with E-state index in [-0.39, 0.29) is 11.2 Å². The fourth-order valence-corrected chi connectivity index (χ4v) is 3.65. The van der Waals surface area contributed by atoms with E-state index in [0.717, 1.165) is 18.7 Å². The minimum Gasteiger partial charge on any atom is -0.360 e. The summed E-state index contributed by atoms with van der Waals surface area (Å²) in [5.41, 5.74) is 0. The van der Waals surface area contributed by atoms with Gasteiger partial charge in [0.05, 0.1) is 5.25 Å². The van der Waals surface area contributed by atoms with E-state index >= 15 is 0 Å². The van der Waals surface area contributed by atoms with Crippen molar-refractivity contribution >= 4 is 23.5 Å². The maximum atomic E-state index is 12.2. The van der Waals surface area contributed by atoms with E-state index < -0.39 is 0 Å². The number of anilines is 1. The van der Waals surface area contributed by atoms with Crippen LogP contribution in [-0.2, 0) is 4.79 Å². The molecule has 24 heavy (non-hydrogen) atoms. The SMILES string of the molecule is Cc1cc(NC(=O)[C@@H](C)Sc2nnc(C3CCCCC3)n2N)no1. The number of rotatable bonds is 5. The minimum absolute atomic E-state index is 0.185. The number of carbonyl (C=O) groups is 1. The van der Waals surface area contributed by atoms with Crippen LogP contribution in [0.25, 0.3) is 0 Å². The smallest absolute Gasteiger partial charge is 0.238 e. The summed E-state index contributed by atoms with van der Waals surface area (Å²) in [7, 11) is 0. The molecule has 1 atom stereocenters. The zero-order chi connectivity index (χ0) is 17.1. The predicted molar refractivity (Wildman–Crippen MR) is 91.2 cm³/mol. The van der Waals surface area contributed by atoms with Crippen LogP contribution in [0.3, 0.4) is 0 Å². The third-order valence-corrected chi connectivity index (χ3v) is 5.25. The first-order valence-corrected chi connectivity index (χ1v) is 9.04. The van der Waals surface area contributed by atoms with Crippen LogP contribution in [0.4, 0.5) is 5.82 Å². The first-order chi connectivity index (χ1) is 11.5. The molecular weight excluding hydrogens is 328 g/mol. The van der Waals surface area contributed by atoms with E-state index in [9.17, 15) is 4.79 Å². The zero-order valence-corrected chi connectivity index (χ0v) is 14.7. The Hall–Kier alpha value is -2.03. The fourth-order valence-electron chi connectivity index (χ4n) is 2.87. The molecule has 1 aliphatic carbocycles. The molecular formula is C15H22N6O2S. The second kappa shape index (κ2) is 7.25. The molecule has 9 heteroatoms. The van der Waals surface area contributed by atoms with E-state index in [4.69, 9.17) is 10.4 Å². The summed E-state index contributed by atoms with van der Waals surface area (Å²) in [6, 6.07) is 1.67. The number of carbonyl (C=O) groups excluding carboxylic acids is 1. The zero-order valence-electron chi connectivity index (χ0n) is 13.9. The van der Waals surface area contributed by atoms with Crippen molar-refractivity contribution in [1.82, 2.24) is 20.0 Å². The second-order valence-corrected chi connectivity index (χ2v) is 7.43. The van der Waals surface area contributed by atoms with Crippen molar-refractivity contribution in [1.29, 1.82) is 0 Å². The van der Waals surface area contributed by atoms with Gasteiger partial charge in [0.15, 0.2) is 11.6 Å². The van der Waals surface area contributed by atoms with Gasteiger partial charge in [-0.2, -0.15) is 0 Å². The average Bonchev–Trinajstić information content (AvgIpc) is 3.14. The molecule has 3 rings (SSSR count). The van der Waals surface area contributed by atoms with E-state index in [0.29, 0.717) is 22.7 Å². The molecule has 2 aromatic heterocycles. The number of thioether (sulfide) groups is 1. The van der Waals surface area contributed by atoms with Crippen LogP contribution in [0.1, 0.15) is 56.5 Å². The molecule has 3 N–H and O–H groups in total. The number of nitrogens with one attached hydrogen (secondary N) is 1. The Kier molecular flexibility index (Phi) is 5.08. The molecule has 1 saturated carbocycles. The molecule has 130 valence electrons. The summed E-state index contributed by atoms with van der Waals surface area (Å²) in [5, 5.41) is 15.0. The number of nitrogen functional groups attached to an aromatic ring is 1. The average molecular weight is 350 g/mol. The van der Waals surface area contributed by atoms with Crippen molar-refractivity contribution in [3.8, 4) is 0 Å². The molecule has 0 aliphatic heterocycles. The van der Waals surface area contributed by atoms with E-state index in [1.807, 2.05) is 0 Å². The van der Waals surface area contributed by atoms with Gasteiger partial charge in [-0.05, 0) is 26.7 Å². The van der Waals surface area contributed by atoms with Gasteiger partial charge in [0.1, 0.15) is 5.76 Å². The van der Waals surface area contributed by atoms with Crippen molar-refractivity contribution in [3.63, 3.8) is 0 Å². The highest BCUT2D eigenvalue weighted by Crippen LogP contribution is 2.32. The Morgan fingerprint density at radius 2 is 2.17 bits per heavy atom. The van der Waals surface area contributed by atoms with Crippen LogP contribution in [-0.4, -0.2) is 31.2 Å². The largest absolute Gasteiger partial charge is 0.360 e. The van der Waals surface area contributed by atoms with Crippen LogP contribution in [0.15, 0.2) is 15.7 Å². The van der Waals surface area contributed by atoms with Gasteiger partial charge in [0, 0.05) is 12.0 Å². The molecule has 2 aromatic rings. The summed E-state index contributed by atoms with van der Waals surface area (Å²) < 4.78 is 6.47. The minimum atomic E-state index is -0.382. The molecule has 0 radical (unpaired) electrons. The van der Waals surface area contributed by atoms with Crippen molar-refractivity contribution < 1.29 is 9.32 Å². The van der Waals surface area contributed by atoms with Gasteiger partial charge in [0.2, 0.25) is 11.1 Å². The lowest BCUT2D eigenvalue weighted by molar-refractivity contribution is -0.115. The standard InChI is InChI=1S/C15H22N6O2S/c1-9-8-12(20-23-9)17-14(22)10(2)24-15-19-18-13(21(15)16)11-6-4-3-5-7-11/h8,10-11H,3-7,16H2,1-2H3,(H,17,20,22)/t10-/m1/s1. The first kappa shape index (κ1) is 16.8. The van der Waals surface area contributed by atoms with Crippen LogP contribution < -0.4 is 11.2 Å². The Labute approximate surface area is 144 Å². The summed E-state index contributed by atoms with van der Waals surface area (Å²) >= 11 is 1.28. The highest BCUT2D eigenvalue weighted by atomic mass is 32.2. The van der Waals surface area contributed by atoms with Crippen molar-refractivity contribution in [2.75, 3.05) is 11.2 Å². The maximum absolute atomic E-state index is 12.2. The predicted octanol–water partition coefficient (Wildman–Crippen LogP) is 2.46. The fraction of sp³-hybridized carbons (Fsp3) is 0.600. The quantitative estimate of drug-likeness (QED) is 0.629. The lowest BCUT2D eigenvalue weighted by atomic mass is 9.89. The molecule has 0 unspecified atom stereocenters. The molecule has 0 saturated heterocycles. The number of amides is 1. The lowest BCUT2D eigenvalue weighted by Crippen LogP contribution is -2.24. The number of nitrogens with zero attached hydrogens (tertiary/aromatic N) is 4. The number of nitrogens with two attached hydrogens (primary N) is 1. The van der Waals surface area contributed by atoms with Crippen molar-refractivity contribution in [3.05, 3.63) is 17.7 Å². The summed E-state index contributed by atoms with van der Waals surface area (Å²) in [6.45, 7) is 3.56. The van der Waals surface area contributed by atoms with E-state index in [2.05, 4.69) is 20.7 Å². The van der Waals surface area contributed by atoms with Gasteiger partial charge < -0.3 is 15.7 Å². The lowest BCUT2D eigenvalue weighted by Gasteiger charge is -2.20. The van der Waals surface area contributed by atoms with Crippen LogP contribution in [0.2, 0.25) is 0 Å². The molecule has 2 heterocycles. The Morgan fingerprint density at radius 3 is 2.83 bits per heavy atom. The van der Waals surface area contributed by atoms with Crippen molar-refractivity contribution in [2.45, 2.75) is 62.3 Å². The van der Waals surface area contributed by atoms with Gasteiger partial charge in [-0.3, -0.25) is 4.79 Å². The van der Waals surface area contributed by atoms with Gasteiger partial charge in [-0.1, -0.05) is 36.2 Å². The number of hydrogen-bond donors (Lipinski definition) is 2. The van der Waals surface area contributed by atoms with Crippen LogP contribution in [0.5, 0.6) is 0 Å². The maximum Gasteiger partial charge on any atom is 0.238 e. The molecule has 0 bridgehead atoms. The molecule has 1 aliphatic rings. The monoisotopic (exact) mass is 350 g/mol. The highest BCUT2D eigenvalue weighted by molar-refractivity contribution is 8.00. The summed E-state index contributed by atoms with van der Waals surface area (Å²) in [6.07, 6.45) is 5.88.